The molecule has 9 heteroatoms. The van der Waals surface area contributed by atoms with Crippen molar-refractivity contribution in [1.29, 1.82) is 0 Å². The first-order chi connectivity index (χ1) is 13.2. The summed E-state index contributed by atoms with van der Waals surface area (Å²) in [4.78, 5) is 25.0. The predicted molar refractivity (Wildman–Crippen MR) is 91.0 cm³/mol. The molecule has 0 aliphatic carbocycles. The summed E-state index contributed by atoms with van der Waals surface area (Å²) in [6.45, 7) is 0. The van der Waals surface area contributed by atoms with Crippen LogP contribution in [-0.2, 0) is 0 Å². The fourth-order valence-electron chi connectivity index (χ4n) is 3.27. The van der Waals surface area contributed by atoms with Crippen LogP contribution < -0.4 is 10.6 Å². The molecule has 148 valence electrons. The molecule has 28 heavy (non-hydrogen) atoms. The molecule has 0 radical (unpaired) electrons. The zero-order valence-electron chi connectivity index (χ0n) is 14.3. The number of rotatable bonds is 5. The molecule has 2 amide bonds. The summed E-state index contributed by atoms with van der Waals surface area (Å²) in [6, 6.07) is 11.9. The van der Waals surface area contributed by atoms with Crippen LogP contribution in [0.3, 0.4) is 0 Å². The van der Waals surface area contributed by atoms with Crippen molar-refractivity contribution in [2.45, 2.75) is 24.1 Å². The highest BCUT2D eigenvalue weighted by Gasteiger charge is 2.69. The maximum absolute atomic E-state index is 14.4. The third-order valence-corrected chi connectivity index (χ3v) is 4.66. The van der Waals surface area contributed by atoms with Crippen LogP contribution in [0.15, 0.2) is 60.7 Å². The zero-order valence-corrected chi connectivity index (χ0v) is 14.3. The Bertz CT molecular complexity index is 864. The number of ketones is 1. The highest BCUT2D eigenvalue weighted by atomic mass is 19.3. The summed E-state index contributed by atoms with van der Waals surface area (Å²) in [5.41, 5.74) is -3.68. The molecule has 3 rings (SSSR count). The van der Waals surface area contributed by atoms with E-state index in [4.69, 9.17) is 0 Å². The van der Waals surface area contributed by atoms with Crippen LogP contribution in [0, 0.1) is 5.92 Å². The molecule has 2 aromatic carbocycles. The maximum Gasteiger partial charge on any atom is 0.354 e. The average Bonchev–Trinajstić information content (AvgIpc) is 2.68. The van der Waals surface area contributed by atoms with Gasteiger partial charge in [-0.3, -0.25) is 4.79 Å². The molecule has 0 bridgehead atoms. The first-order valence-corrected chi connectivity index (χ1v) is 8.29. The van der Waals surface area contributed by atoms with E-state index in [1.807, 2.05) is 0 Å². The Balaban J connectivity index is 2.19. The Kier molecular flexibility index (Phi) is 5.12. The number of hydrogen-bond acceptors (Lipinski definition) is 3. The SMILES string of the molecule is O=C1NC(c2ccccc2)C(C(=O)c2ccccc2)C(O)(C(F)(F)C(F)F)N1. The molecular weight excluding hydrogens is 380 g/mol. The molecule has 5 nitrogen and oxygen atoms in total. The van der Waals surface area contributed by atoms with Gasteiger partial charge in [0.15, 0.2) is 5.78 Å². The molecule has 3 N–H and O–H groups in total. The van der Waals surface area contributed by atoms with Crippen molar-refractivity contribution in [2.75, 3.05) is 0 Å². The van der Waals surface area contributed by atoms with E-state index in [1.54, 1.807) is 12.1 Å². The second-order valence-electron chi connectivity index (χ2n) is 6.38. The molecule has 1 aliphatic rings. The van der Waals surface area contributed by atoms with Crippen LogP contribution in [0.4, 0.5) is 22.4 Å². The minimum Gasteiger partial charge on any atom is -0.365 e. The summed E-state index contributed by atoms with van der Waals surface area (Å²) in [5, 5.41) is 14.4. The van der Waals surface area contributed by atoms with Crippen molar-refractivity contribution in [2.24, 2.45) is 5.92 Å². The number of Topliss-reactive ketones (excluding diaryl/α,β-unsaturated/α-hetero) is 1. The van der Waals surface area contributed by atoms with Crippen molar-refractivity contribution < 1.29 is 32.3 Å². The van der Waals surface area contributed by atoms with E-state index in [-0.39, 0.29) is 11.1 Å². The summed E-state index contributed by atoms with van der Waals surface area (Å²) in [5.74, 6) is -8.24. The van der Waals surface area contributed by atoms with E-state index in [9.17, 15) is 32.3 Å². The van der Waals surface area contributed by atoms with Crippen LogP contribution >= 0.6 is 0 Å². The number of carbonyl (C=O) groups excluding carboxylic acids is 2. The molecule has 1 heterocycles. The Morgan fingerprint density at radius 3 is 2.11 bits per heavy atom. The minimum atomic E-state index is -5.09. The Morgan fingerprint density at radius 1 is 1.04 bits per heavy atom. The van der Waals surface area contributed by atoms with Crippen molar-refractivity contribution >= 4 is 11.8 Å². The third-order valence-electron chi connectivity index (χ3n) is 4.66. The van der Waals surface area contributed by atoms with E-state index >= 15 is 0 Å². The summed E-state index contributed by atoms with van der Waals surface area (Å²) in [6.07, 6.45) is -4.32. The zero-order chi connectivity index (χ0) is 20.5. The van der Waals surface area contributed by atoms with Crippen LogP contribution in [0.25, 0.3) is 0 Å². The molecular formula is C19H16F4N2O3. The van der Waals surface area contributed by atoms with Gasteiger partial charge in [-0.25, -0.2) is 13.6 Å². The van der Waals surface area contributed by atoms with Gasteiger partial charge in [0.2, 0.25) is 5.72 Å². The number of alkyl halides is 4. The van der Waals surface area contributed by atoms with Crippen molar-refractivity contribution in [1.82, 2.24) is 10.6 Å². The van der Waals surface area contributed by atoms with E-state index in [1.165, 1.54) is 53.8 Å². The van der Waals surface area contributed by atoms with Gasteiger partial charge in [0.25, 0.3) is 0 Å². The van der Waals surface area contributed by atoms with Crippen LogP contribution in [0.1, 0.15) is 22.0 Å². The minimum absolute atomic E-state index is 0.0742. The van der Waals surface area contributed by atoms with Gasteiger partial charge in [-0.2, -0.15) is 8.78 Å². The first-order valence-electron chi connectivity index (χ1n) is 8.29. The predicted octanol–water partition coefficient (Wildman–Crippen LogP) is 3.13. The lowest BCUT2D eigenvalue weighted by molar-refractivity contribution is -0.269. The Morgan fingerprint density at radius 2 is 1.57 bits per heavy atom. The third kappa shape index (κ3) is 3.22. The second-order valence-corrected chi connectivity index (χ2v) is 6.38. The van der Waals surface area contributed by atoms with Gasteiger partial charge in [0, 0.05) is 5.56 Å². The quantitative estimate of drug-likeness (QED) is 0.537. The lowest BCUT2D eigenvalue weighted by Crippen LogP contribution is -2.75. The van der Waals surface area contributed by atoms with E-state index < -0.39 is 41.8 Å². The monoisotopic (exact) mass is 396 g/mol. The van der Waals surface area contributed by atoms with Gasteiger partial charge < -0.3 is 15.7 Å². The van der Waals surface area contributed by atoms with Gasteiger partial charge >= 0.3 is 18.4 Å². The number of benzene rings is 2. The highest BCUT2D eigenvalue weighted by molar-refractivity contribution is 6.00. The summed E-state index contributed by atoms with van der Waals surface area (Å²) in [7, 11) is 0. The molecule has 0 saturated carbocycles. The van der Waals surface area contributed by atoms with E-state index in [0.717, 1.165) is 0 Å². The summed E-state index contributed by atoms with van der Waals surface area (Å²) >= 11 is 0. The van der Waals surface area contributed by atoms with Gasteiger partial charge in [-0.1, -0.05) is 60.7 Å². The number of urea groups is 1. The van der Waals surface area contributed by atoms with Gasteiger partial charge in [-0.05, 0) is 5.56 Å². The van der Waals surface area contributed by atoms with Crippen molar-refractivity contribution in [3.05, 3.63) is 71.8 Å². The number of carbonyl (C=O) groups is 2. The number of halogens is 4. The molecule has 0 aromatic heterocycles. The standard InChI is InChI=1S/C19H16F4N2O3/c20-16(21)18(22,23)19(28)13(15(26)12-9-5-2-6-10-12)14(24-17(27)25-19)11-7-3-1-4-8-11/h1-10,13-14,16,28H,(H2,24,25,27). The average molecular weight is 396 g/mol. The molecule has 1 fully saturated rings. The van der Waals surface area contributed by atoms with Crippen LogP contribution in [0.5, 0.6) is 0 Å². The largest absolute Gasteiger partial charge is 0.365 e. The smallest absolute Gasteiger partial charge is 0.354 e. The molecule has 1 aliphatic heterocycles. The fraction of sp³-hybridized carbons (Fsp3) is 0.263. The van der Waals surface area contributed by atoms with E-state index in [2.05, 4.69) is 5.32 Å². The van der Waals surface area contributed by atoms with Gasteiger partial charge in [0.1, 0.15) is 5.92 Å². The first kappa shape index (κ1) is 19.8. The molecule has 3 unspecified atom stereocenters. The normalized spacial score (nSPS) is 25.1. The van der Waals surface area contributed by atoms with Gasteiger partial charge in [0.05, 0.1) is 6.04 Å². The molecule has 1 saturated heterocycles. The van der Waals surface area contributed by atoms with E-state index in [0.29, 0.717) is 0 Å². The van der Waals surface area contributed by atoms with Crippen molar-refractivity contribution in [3.8, 4) is 0 Å². The molecule has 2 aromatic rings. The topological polar surface area (TPSA) is 78.4 Å². The Hall–Kier alpha value is -2.94. The van der Waals surface area contributed by atoms with Crippen LogP contribution in [-0.4, -0.2) is 35.0 Å². The second kappa shape index (κ2) is 7.23. The van der Waals surface area contributed by atoms with Crippen LogP contribution in [0.2, 0.25) is 0 Å². The Labute approximate surface area is 157 Å². The fourth-order valence-corrected chi connectivity index (χ4v) is 3.27. The number of nitrogens with one attached hydrogen (secondary N) is 2. The highest BCUT2D eigenvalue weighted by Crippen LogP contribution is 2.45. The number of aliphatic hydroxyl groups is 1. The molecule has 3 atom stereocenters. The molecule has 0 spiro atoms. The lowest BCUT2D eigenvalue weighted by Gasteiger charge is -2.47. The van der Waals surface area contributed by atoms with Gasteiger partial charge in [-0.15, -0.1) is 0 Å². The summed E-state index contributed by atoms with van der Waals surface area (Å²) < 4.78 is 55.1. The number of amides is 2. The number of hydrogen-bond donors (Lipinski definition) is 3. The lowest BCUT2D eigenvalue weighted by atomic mass is 9.75. The van der Waals surface area contributed by atoms with Crippen molar-refractivity contribution in [3.63, 3.8) is 0 Å². The maximum atomic E-state index is 14.4.